The number of nitrogens with zero attached hydrogens (tertiary/aromatic N) is 3. The topological polar surface area (TPSA) is 65.5 Å². The molecule has 0 saturated carbocycles. The lowest BCUT2D eigenvalue weighted by Gasteiger charge is -2.34. The molecule has 0 unspecified atom stereocenters. The van der Waals surface area contributed by atoms with E-state index in [1.165, 1.54) is 0 Å². The zero-order chi connectivity index (χ0) is 21.8. The second-order valence-corrected chi connectivity index (χ2v) is 8.15. The quantitative estimate of drug-likeness (QED) is 0.695. The molecule has 2 aromatic carbocycles. The van der Waals surface area contributed by atoms with Crippen LogP contribution in [0.4, 0.5) is 0 Å². The molecule has 2 heterocycles. The van der Waals surface area contributed by atoms with Crippen molar-refractivity contribution in [2.24, 2.45) is 0 Å². The van der Waals surface area contributed by atoms with Crippen molar-refractivity contribution < 1.29 is 9.59 Å². The molecule has 6 heteroatoms. The van der Waals surface area contributed by atoms with E-state index in [2.05, 4.69) is 15.2 Å². The van der Waals surface area contributed by atoms with Gasteiger partial charge in [0, 0.05) is 38.1 Å². The van der Waals surface area contributed by atoms with E-state index in [1.807, 2.05) is 73.3 Å². The molecule has 1 N–H and O–H groups in total. The molecule has 2 amide bonds. The highest BCUT2D eigenvalue weighted by atomic mass is 16.2. The number of aromatic nitrogens is 1. The molecule has 6 nitrogen and oxygen atoms in total. The van der Waals surface area contributed by atoms with Crippen LogP contribution in [0, 0.1) is 13.8 Å². The third-order valence-corrected chi connectivity index (χ3v) is 5.75. The number of nitrogens with one attached hydrogen (secondary N) is 1. The maximum atomic E-state index is 13.1. The van der Waals surface area contributed by atoms with Gasteiger partial charge >= 0.3 is 0 Å². The fraction of sp³-hybridized carbons (Fsp3) is 0.320. The molecule has 1 aliphatic heterocycles. The molecule has 3 aromatic rings. The van der Waals surface area contributed by atoms with Crippen LogP contribution in [0.25, 0.3) is 10.9 Å². The average Bonchev–Trinajstić information content (AvgIpc) is 2.78. The Kier molecular flexibility index (Phi) is 6.28. The third-order valence-electron chi connectivity index (χ3n) is 5.75. The molecule has 4 rings (SSSR count). The number of carbonyl (C=O) groups is 2. The van der Waals surface area contributed by atoms with Crippen molar-refractivity contribution in [2.45, 2.75) is 20.4 Å². The van der Waals surface area contributed by atoms with Gasteiger partial charge < -0.3 is 10.2 Å². The number of hydrogen-bond acceptors (Lipinski definition) is 4. The molecule has 1 aromatic heterocycles. The van der Waals surface area contributed by atoms with Crippen molar-refractivity contribution in [3.8, 4) is 0 Å². The highest BCUT2D eigenvalue weighted by molar-refractivity contribution is 5.98. The van der Waals surface area contributed by atoms with E-state index >= 15 is 0 Å². The van der Waals surface area contributed by atoms with Crippen molar-refractivity contribution in [1.29, 1.82) is 0 Å². The SMILES string of the molecule is Cc1ccc2cc(C(=O)N3CCN(CC(=O)NCc4ccccc4)CC3)c(C)nc2c1. The van der Waals surface area contributed by atoms with Crippen molar-refractivity contribution in [3.05, 3.63) is 77.0 Å². The van der Waals surface area contributed by atoms with Crippen molar-refractivity contribution in [2.75, 3.05) is 32.7 Å². The normalized spacial score (nSPS) is 14.6. The number of piperazine rings is 1. The summed E-state index contributed by atoms with van der Waals surface area (Å²) in [7, 11) is 0. The molecule has 1 fully saturated rings. The van der Waals surface area contributed by atoms with Crippen LogP contribution >= 0.6 is 0 Å². The van der Waals surface area contributed by atoms with Crippen LogP contribution in [0.2, 0.25) is 0 Å². The smallest absolute Gasteiger partial charge is 0.255 e. The van der Waals surface area contributed by atoms with Crippen LogP contribution in [0.1, 0.15) is 27.2 Å². The number of aryl methyl sites for hydroxylation is 2. The maximum absolute atomic E-state index is 13.1. The summed E-state index contributed by atoms with van der Waals surface area (Å²) in [4.78, 5) is 34.0. The summed E-state index contributed by atoms with van der Waals surface area (Å²) in [5.74, 6) is 0.0224. The van der Waals surface area contributed by atoms with Gasteiger partial charge in [-0.1, -0.05) is 42.5 Å². The molecule has 0 bridgehead atoms. The minimum Gasteiger partial charge on any atom is -0.351 e. The van der Waals surface area contributed by atoms with Gasteiger partial charge in [-0.15, -0.1) is 0 Å². The van der Waals surface area contributed by atoms with Crippen LogP contribution in [0.15, 0.2) is 54.6 Å². The summed E-state index contributed by atoms with van der Waals surface area (Å²) in [6.07, 6.45) is 0. The van der Waals surface area contributed by atoms with E-state index < -0.39 is 0 Å². The van der Waals surface area contributed by atoms with Crippen LogP contribution in [-0.4, -0.2) is 59.3 Å². The van der Waals surface area contributed by atoms with Gasteiger partial charge in [0.25, 0.3) is 5.91 Å². The van der Waals surface area contributed by atoms with Crippen LogP contribution in [0.5, 0.6) is 0 Å². The van der Waals surface area contributed by atoms with Crippen LogP contribution in [0.3, 0.4) is 0 Å². The third kappa shape index (κ3) is 5.09. The molecule has 0 aliphatic carbocycles. The van der Waals surface area contributed by atoms with Gasteiger partial charge in [-0.3, -0.25) is 19.5 Å². The highest BCUT2D eigenvalue weighted by Gasteiger charge is 2.24. The highest BCUT2D eigenvalue weighted by Crippen LogP contribution is 2.20. The zero-order valence-electron chi connectivity index (χ0n) is 18.1. The van der Waals surface area contributed by atoms with E-state index in [-0.39, 0.29) is 11.8 Å². The Morgan fingerprint density at radius 1 is 0.968 bits per heavy atom. The van der Waals surface area contributed by atoms with E-state index in [1.54, 1.807) is 0 Å². The van der Waals surface area contributed by atoms with Crippen molar-refractivity contribution >= 4 is 22.7 Å². The molecular formula is C25H28N4O2. The molecule has 1 aliphatic rings. The predicted octanol–water partition coefficient (Wildman–Crippen LogP) is 2.93. The molecule has 1 saturated heterocycles. The number of fused-ring (bicyclic) bond motifs is 1. The number of hydrogen-bond donors (Lipinski definition) is 1. The average molecular weight is 417 g/mol. The molecule has 0 radical (unpaired) electrons. The Morgan fingerprint density at radius 3 is 2.45 bits per heavy atom. The Balaban J connectivity index is 1.31. The summed E-state index contributed by atoms with van der Waals surface area (Å²) >= 11 is 0. The first-order valence-electron chi connectivity index (χ1n) is 10.7. The summed E-state index contributed by atoms with van der Waals surface area (Å²) in [6, 6.07) is 17.9. The lowest BCUT2D eigenvalue weighted by molar-refractivity contribution is -0.122. The standard InChI is InChI=1S/C25H28N4O2/c1-18-8-9-21-15-22(19(2)27-23(21)14-18)25(31)29-12-10-28(11-13-29)17-24(30)26-16-20-6-4-3-5-7-20/h3-9,14-15H,10-13,16-17H2,1-2H3,(H,26,30). The first kappa shape index (κ1) is 21.0. The Hall–Kier alpha value is -3.25. The lowest BCUT2D eigenvalue weighted by atomic mass is 10.1. The molecule has 31 heavy (non-hydrogen) atoms. The molecule has 0 atom stereocenters. The van der Waals surface area contributed by atoms with Gasteiger partial charge in [0.15, 0.2) is 0 Å². The number of pyridine rings is 1. The Bertz CT molecular complexity index is 1090. The summed E-state index contributed by atoms with van der Waals surface area (Å²) in [5, 5.41) is 3.94. The number of rotatable bonds is 5. The van der Waals surface area contributed by atoms with Crippen LogP contribution in [-0.2, 0) is 11.3 Å². The first-order chi connectivity index (χ1) is 15.0. The second kappa shape index (κ2) is 9.27. The predicted molar refractivity (Wildman–Crippen MR) is 122 cm³/mol. The zero-order valence-corrected chi connectivity index (χ0v) is 18.1. The second-order valence-electron chi connectivity index (χ2n) is 8.15. The molecular weight excluding hydrogens is 388 g/mol. The van der Waals surface area contributed by atoms with Gasteiger partial charge in [-0.05, 0) is 37.1 Å². The van der Waals surface area contributed by atoms with E-state index in [0.717, 1.165) is 27.7 Å². The number of amides is 2. The summed E-state index contributed by atoms with van der Waals surface area (Å²) in [5.41, 5.74) is 4.57. The van der Waals surface area contributed by atoms with Gasteiger partial charge in [-0.2, -0.15) is 0 Å². The molecule has 160 valence electrons. The monoisotopic (exact) mass is 416 g/mol. The first-order valence-corrected chi connectivity index (χ1v) is 10.7. The minimum atomic E-state index is 0.00787. The largest absolute Gasteiger partial charge is 0.351 e. The lowest BCUT2D eigenvalue weighted by Crippen LogP contribution is -2.51. The van der Waals surface area contributed by atoms with Crippen molar-refractivity contribution in [3.63, 3.8) is 0 Å². The van der Waals surface area contributed by atoms with E-state index in [4.69, 9.17) is 0 Å². The summed E-state index contributed by atoms with van der Waals surface area (Å²) < 4.78 is 0. The summed E-state index contributed by atoms with van der Waals surface area (Å²) in [6.45, 7) is 7.40. The fourth-order valence-electron chi connectivity index (χ4n) is 3.92. The van der Waals surface area contributed by atoms with Gasteiger partial charge in [-0.25, -0.2) is 0 Å². The van der Waals surface area contributed by atoms with Crippen LogP contribution < -0.4 is 5.32 Å². The van der Waals surface area contributed by atoms with Gasteiger partial charge in [0.05, 0.1) is 23.3 Å². The maximum Gasteiger partial charge on any atom is 0.255 e. The number of carbonyl (C=O) groups excluding carboxylic acids is 2. The minimum absolute atomic E-state index is 0.00787. The van der Waals surface area contributed by atoms with Gasteiger partial charge in [0.1, 0.15) is 0 Å². The van der Waals surface area contributed by atoms with Gasteiger partial charge in [0.2, 0.25) is 5.91 Å². The Morgan fingerprint density at radius 2 is 1.71 bits per heavy atom. The fourth-order valence-corrected chi connectivity index (χ4v) is 3.92. The van der Waals surface area contributed by atoms with Crippen molar-refractivity contribution in [1.82, 2.24) is 20.1 Å². The van der Waals surface area contributed by atoms with E-state index in [0.29, 0.717) is 44.8 Å². The Labute approximate surface area is 182 Å². The molecule has 0 spiro atoms. The number of benzene rings is 2. The van der Waals surface area contributed by atoms with E-state index in [9.17, 15) is 9.59 Å².